The molecule has 11 nitrogen and oxygen atoms in total. The zero-order valence-electron chi connectivity index (χ0n) is 26.2. The summed E-state index contributed by atoms with van der Waals surface area (Å²) in [5, 5.41) is 73.0. The van der Waals surface area contributed by atoms with Gasteiger partial charge in [-0.2, -0.15) is 0 Å². The van der Waals surface area contributed by atoms with Crippen molar-refractivity contribution in [3.8, 4) is 17.2 Å². The molecule has 0 aromatic heterocycles. The van der Waals surface area contributed by atoms with E-state index in [1.807, 2.05) is 36.4 Å². The number of ketones is 1. The van der Waals surface area contributed by atoms with Crippen LogP contribution in [0.2, 0.25) is 0 Å². The summed E-state index contributed by atoms with van der Waals surface area (Å²) in [4.78, 5) is 26.1. The summed E-state index contributed by atoms with van der Waals surface area (Å²) in [5.74, 6) is -3.09. The predicted octanol–water partition coefficient (Wildman–Crippen LogP) is 3.91. The standard InChI is InChI=1S/C37H38O11/c1-18-29(26(39)15-21-12-11-20(13-19-7-3-2-4-8-19)23-9-5-6-10-24(21)23)33(42)30-25(31(18)40)14-22(36(45)46)16-27(30)47-37-35(44)34(43)32(41)28(17-38)48-37/h2-10,14,16,20-21,28,32,34-35,37-38,40-44H,11-13,15,17H2,1H3,(H,45,46)/t20-,21-,28+,32+,34-,35+,37+/m0/s1. The molecular weight excluding hydrogens is 620 g/mol. The Morgan fingerprint density at radius 2 is 1.50 bits per heavy atom. The molecule has 0 saturated carbocycles. The van der Waals surface area contributed by atoms with Gasteiger partial charge >= 0.3 is 5.97 Å². The van der Waals surface area contributed by atoms with Crippen molar-refractivity contribution < 1.29 is 54.8 Å². The third-order valence-corrected chi connectivity index (χ3v) is 9.67. The number of phenols is 2. The van der Waals surface area contributed by atoms with Gasteiger partial charge < -0.3 is 45.2 Å². The molecule has 7 N–H and O–H groups in total. The van der Waals surface area contributed by atoms with E-state index >= 15 is 0 Å². The molecule has 11 heteroatoms. The number of Topliss-reactive ketones (excluding diaryl/α,β-unsaturated/α-hetero) is 1. The normalized spacial score (nSPS) is 25.4. The smallest absolute Gasteiger partial charge is 0.335 e. The Kier molecular flexibility index (Phi) is 9.41. The van der Waals surface area contributed by atoms with Crippen LogP contribution < -0.4 is 4.74 Å². The fourth-order valence-electron chi connectivity index (χ4n) is 7.13. The summed E-state index contributed by atoms with van der Waals surface area (Å²) in [6, 6.07) is 20.4. The van der Waals surface area contributed by atoms with E-state index in [1.54, 1.807) is 0 Å². The van der Waals surface area contributed by atoms with Crippen LogP contribution in [0.4, 0.5) is 0 Å². The van der Waals surface area contributed by atoms with Crippen LogP contribution in [-0.2, 0) is 11.2 Å². The lowest BCUT2D eigenvalue weighted by molar-refractivity contribution is -0.277. The second-order valence-corrected chi connectivity index (χ2v) is 12.6. The van der Waals surface area contributed by atoms with Crippen LogP contribution in [0.3, 0.4) is 0 Å². The molecule has 48 heavy (non-hydrogen) atoms. The van der Waals surface area contributed by atoms with Crippen molar-refractivity contribution >= 4 is 22.5 Å². The maximum absolute atomic E-state index is 14.1. The zero-order chi connectivity index (χ0) is 34.3. The van der Waals surface area contributed by atoms with E-state index in [9.17, 15) is 45.3 Å². The third kappa shape index (κ3) is 6.11. The Hall–Kier alpha value is -4.52. The Bertz CT molecular complexity index is 1840. The van der Waals surface area contributed by atoms with Crippen LogP contribution in [0, 0.1) is 6.92 Å². The third-order valence-electron chi connectivity index (χ3n) is 9.67. The monoisotopic (exact) mass is 658 g/mol. The summed E-state index contributed by atoms with van der Waals surface area (Å²) in [6.45, 7) is 0.722. The van der Waals surface area contributed by atoms with Crippen LogP contribution in [0.1, 0.15) is 74.1 Å². The second-order valence-electron chi connectivity index (χ2n) is 12.6. The van der Waals surface area contributed by atoms with Crippen molar-refractivity contribution in [3.63, 3.8) is 0 Å². The number of fused-ring (bicyclic) bond motifs is 2. The Morgan fingerprint density at radius 3 is 2.17 bits per heavy atom. The molecule has 252 valence electrons. The number of aliphatic hydroxyl groups excluding tert-OH is 4. The summed E-state index contributed by atoms with van der Waals surface area (Å²) in [6.07, 6.45) is -5.87. The van der Waals surface area contributed by atoms with Crippen molar-refractivity contribution in [2.45, 2.75) is 75.1 Å². The lowest BCUT2D eigenvalue weighted by atomic mass is 9.72. The number of ether oxygens (including phenoxy) is 2. The lowest BCUT2D eigenvalue weighted by Crippen LogP contribution is -2.60. The summed E-state index contributed by atoms with van der Waals surface area (Å²) >= 11 is 0. The largest absolute Gasteiger partial charge is 0.507 e. The van der Waals surface area contributed by atoms with Crippen LogP contribution >= 0.6 is 0 Å². The van der Waals surface area contributed by atoms with Gasteiger partial charge in [0.05, 0.1) is 23.1 Å². The number of carbonyl (C=O) groups is 2. The molecular formula is C37H38O11. The minimum absolute atomic E-state index is 0.0323. The maximum Gasteiger partial charge on any atom is 0.335 e. The highest BCUT2D eigenvalue weighted by molar-refractivity contribution is 6.11. The molecule has 0 spiro atoms. The molecule has 4 aromatic rings. The SMILES string of the molecule is Cc1c(C(=O)C[C@@H]2CC[C@@H](Cc3ccccc3)c3ccccc32)c(O)c2c(O[C@@H]3O[C@H](CO)[C@@H](O)[C@H](O)[C@H]3O)cc(C(=O)O)cc2c1O. The number of benzene rings is 4. The van der Waals surface area contributed by atoms with Gasteiger partial charge in [-0.15, -0.1) is 0 Å². The Morgan fingerprint density at radius 1 is 0.854 bits per heavy atom. The highest BCUT2D eigenvalue weighted by Gasteiger charge is 2.45. The molecule has 0 amide bonds. The van der Waals surface area contributed by atoms with Crippen molar-refractivity contribution in [1.29, 1.82) is 0 Å². The summed E-state index contributed by atoms with van der Waals surface area (Å²) in [5.41, 5.74) is 3.00. The molecule has 0 unspecified atom stereocenters. The minimum atomic E-state index is -1.84. The van der Waals surface area contributed by atoms with E-state index in [0.717, 1.165) is 37.0 Å². The molecule has 7 atom stereocenters. The number of carboxylic acids is 1. The number of hydrogen-bond donors (Lipinski definition) is 7. The van der Waals surface area contributed by atoms with Crippen LogP contribution in [0.25, 0.3) is 10.8 Å². The number of hydrogen-bond acceptors (Lipinski definition) is 10. The van der Waals surface area contributed by atoms with E-state index in [0.29, 0.717) is 0 Å². The molecule has 0 radical (unpaired) electrons. The first kappa shape index (κ1) is 33.4. The van der Waals surface area contributed by atoms with Crippen molar-refractivity contribution in [1.82, 2.24) is 0 Å². The number of carboxylic acid groups (broad SMARTS) is 1. The number of phenolic OH excluding ortho intramolecular Hbond substituents is 2. The number of aromatic hydroxyl groups is 2. The molecule has 1 aliphatic heterocycles. The van der Waals surface area contributed by atoms with E-state index in [2.05, 4.69) is 18.2 Å². The summed E-state index contributed by atoms with van der Waals surface area (Å²) in [7, 11) is 0. The lowest BCUT2D eigenvalue weighted by Gasteiger charge is -2.39. The van der Waals surface area contributed by atoms with Crippen LogP contribution in [-0.4, -0.2) is 84.8 Å². The van der Waals surface area contributed by atoms with E-state index in [-0.39, 0.29) is 51.5 Å². The first-order valence-electron chi connectivity index (χ1n) is 15.9. The molecule has 0 bridgehead atoms. The van der Waals surface area contributed by atoms with Gasteiger partial charge in [0.2, 0.25) is 6.29 Å². The fraction of sp³-hybridized carbons (Fsp3) is 0.351. The van der Waals surface area contributed by atoms with Gasteiger partial charge in [-0.3, -0.25) is 4.79 Å². The Balaban J connectivity index is 1.36. The van der Waals surface area contributed by atoms with Crippen LogP contribution in [0.15, 0.2) is 66.7 Å². The van der Waals surface area contributed by atoms with E-state index in [1.165, 1.54) is 18.1 Å². The van der Waals surface area contributed by atoms with Gasteiger partial charge in [0.1, 0.15) is 41.7 Å². The van der Waals surface area contributed by atoms with Gasteiger partial charge in [0, 0.05) is 17.4 Å². The molecule has 4 aromatic carbocycles. The van der Waals surface area contributed by atoms with E-state index < -0.39 is 60.6 Å². The highest BCUT2D eigenvalue weighted by Crippen LogP contribution is 2.47. The predicted molar refractivity (Wildman–Crippen MR) is 174 cm³/mol. The minimum Gasteiger partial charge on any atom is -0.507 e. The molecule has 6 rings (SSSR count). The van der Waals surface area contributed by atoms with Gasteiger partial charge in [-0.1, -0.05) is 54.6 Å². The molecule has 2 aliphatic rings. The van der Waals surface area contributed by atoms with Gasteiger partial charge in [0.25, 0.3) is 0 Å². The first-order chi connectivity index (χ1) is 23.0. The zero-order valence-corrected chi connectivity index (χ0v) is 26.2. The number of rotatable bonds is 9. The first-order valence-corrected chi connectivity index (χ1v) is 15.9. The van der Waals surface area contributed by atoms with Crippen LogP contribution in [0.5, 0.6) is 17.2 Å². The van der Waals surface area contributed by atoms with Crippen molar-refractivity contribution in [2.75, 3.05) is 6.61 Å². The number of carbonyl (C=O) groups excluding carboxylic acids is 1. The van der Waals surface area contributed by atoms with Crippen molar-refractivity contribution in [3.05, 3.63) is 100 Å². The topological polar surface area (TPSA) is 194 Å². The molecule has 1 heterocycles. The number of aliphatic hydroxyl groups is 4. The quantitative estimate of drug-likeness (QED) is 0.102. The average molecular weight is 659 g/mol. The maximum atomic E-state index is 14.1. The molecule has 1 fully saturated rings. The van der Waals surface area contributed by atoms with E-state index in [4.69, 9.17) is 9.47 Å². The second kappa shape index (κ2) is 13.5. The van der Waals surface area contributed by atoms with Gasteiger partial charge in [0.15, 0.2) is 5.78 Å². The molecule has 1 saturated heterocycles. The highest BCUT2D eigenvalue weighted by atomic mass is 16.7. The average Bonchev–Trinajstić information content (AvgIpc) is 3.08. The molecule has 1 aliphatic carbocycles. The van der Waals surface area contributed by atoms with Gasteiger partial charge in [-0.25, -0.2) is 4.79 Å². The van der Waals surface area contributed by atoms with Crippen molar-refractivity contribution in [2.24, 2.45) is 0 Å². The Labute approximate surface area is 276 Å². The summed E-state index contributed by atoms with van der Waals surface area (Å²) < 4.78 is 11.2. The van der Waals surface area contributed by atoms with Gasteiger partial charge in [-0.05, 0) is 66.8 Å². The fourth-order valence-corrected chi connectivity index (χ4v) is 7.13. The number of aromatic carboxylic acids is 1.